The minimum absolute atomic E-state index is 0. The number of anilines is 2. The van der Waals surface area contributed by atoms with Crippen molar-refractivity contribution in [2.75, 3.05) is 99.4 Å². The van der Waals surface area contributed by atoms with Crippen LogP contribution in [0.1, 0.15) is 91.4 Å². The number of sulfone groups is 2. The number of benzene rings is 4. The lowest BCUT2D eigenvalue weighted by Crippen LogP contribution is -2.58. The SMILES string of the molecule is COC(=O)c1ccc(CN(C(=O)N2CCS(=O)(=O)CC2)c2ccc(CN3[C@H](C)CN(C(=O)OC(C)(C)C)C[C@@H]3C)cc2)c(F)c1.COC(=O)c1ccc(CN(C(=O)N2CCS(=O)(=O)CC2)c2ccc(CN3[C@H](C)CNC[C@@H]3C)cc2)c(F)c1.Cl. The summed E-state index contributed by atoms with van der Waals surface area (Å²) in [7, 11) is -3.96. The van der Waals surface area contributed by atoms with Gasteiger partial charge >= 0.3 is 30.1 Å². The van der Waals surface area contributed by atoms with Crippen LogP contribution in [0.4, 0.5) is 34.5 Å². The molecule has 0 radical (unpaired) electrons. The topological polar surface area (TPSA) is 216 Å². The van der Waals surface area contributed by atoms with Gasteiger partial charge in [0.2, 0.25) is 0 Å². The van der Waals surface area contributed by atoms with Gasteiger partial charge in [0.1, 0.15) is 17.2 Å². The Hall–Kier alpha value is -6.44. The third-order valence-electron chi connectivity index (χ3n) is 15.3. The summed E-state index contributed by atoms with van der Waals surface area (Å²) in [5, 5.41) is 3.43. The molecule has 4 fully saturated rings. The number of rotatable bonds is 12. The summed E-state index contributed by atoms with van der Waals surface area (Å²) in [6.45, 7) is 18.4. The molecule has 8 rings (SSSR count). The summed E-state index contributed by atoms with van der Waals surface area (Å²) in [5.74, 6) is -3.10. The molecule has 4 aromatic carbocycles. The second-order valence-corrected chi connectivity index (χ2v) is 27.3. The van der Waals surface area contributed by atoms with Crippen LogP contribution in [0.15, 0.2) is 84.9 Å². The van der Waals surface area contributed by atoms with Crippen molar-refractivity contribution in [1.82, 2.24) is 29.8 Å². The number of urea groups is 2. The van der Waals surface area contributed by atoms with E-state index < -0.39 is 60.9 Å². The highest BCUT2D eigenvalue weighted by Crippen LogP contribution is 2.28. The molecular formula is C59H79ClF2N8O12S2. The van der Waals surface area contributed by atoms with E-state index in [1.165, 1.54) is 58.1 Å². The Morgan fingerprint density at radius 1 is 0.560 bits per heavy atom. The van der Waals surface area contributed by atoms with E-state index in [4.69, 9.17) is 4.74 Å². The van der Waals surface area contributed by atoms with Crippen LogP contribution in [-0.4, -0.2) is 191 Å². The fraction of sp³-hybridized carbons (Fsp3) is 0.508. The molecule has 0 saturated carbocycles. The van der Waals surface area contributed by atoms with Gasteiger partial charge in [-0.2, -0.15) is 0 Å². The van der Waals surface area contributed by atoms with Crippen molar-refractivity contribution in [3.8, 4) is 0 Å². The molecule has 0 aromatic heterocycles. The molecule has 20 nitrogen and oxygen atoms in total. The molecule has 0 unspecified atom stereocenters. The number of carbonyl (C=O) groups is 5. The Bertz CT molecular complexity index is 3160. The molecule has 4 saturated heterocycles. The number of amides is 5. The number of halogens is 3. The van der Waals surface area contributed by atoms with E-state index in [1.807, 2.05) is 57.2 Å². The van der Waals surface area contributed by atoms with Crippen molar-refractivity contribution >= 4 is 73.6 Å². The van der Waals surface area contributed by atoms with Crippen molar-refractivity contribution in [3.05, 3.63) is 130 Å². The van der Waals surface area contributed by atoms with Gasteiger partial charge in [-0.15, -0.1) is 12.4 Å². The maximum atomic E-state index is 15.1. The summed E-state index contributed by atoms with van der Waals surface area (Å²) in [6.07, 6.45) is -0.322. The van der Waals surface area contributed by atoms with Crippen molar-refractivity contribution < 1.29 is 63.8 Å². The molecule has 4 aliphatic heterocycles. The first-order valence-corrected chi connectivity index (χ1v) is 31.4. The molecule has 4 aromatic rings. The van der Waals surface area contributed by atoms with E-state index in [0.717, 1.165) is 42.9 Å². The van der Waals surface area contributed by atoms with Crippen LogP contribution in [0.2, 0.25) is 0 Å². The number of ether oxygens (including phenoxy) is 3. The van der Waals surface area contributed by atoms with E-state index in [9.17, 15) is 45.2 Å². The van der Waals surface area contributed by atoms with Gasteiger partial charge in [-0.25, -0.2) is 49.6 Å². The Morgan fingerprint density at radius 3 is 1.25 bits per heavy atom. The monoisotopic (exact) mass is 1230 g/mol. The largest absolute Gasteiger partial charge is 0.465 e. The summed E-state index contributed by atoms with van der Waals surface area (Å²) in [5.41, 5.74) is 3.16. The van der Waals surface area contributed by atoms with Crippen LogP contribution >= 0.6 is 12.4 Å². The lowest BCUT2D eigenvalue weighted by atomic mass is 10.1. The van der Waals surface area contributed by atoms with Crippen LogP contribution in [0, 0.1) is 11.6 Å². The smallest absolute Gasteiger partial charge is 0.410 e. The zero-order valence-corrected chi connectivity index (χ0v) is 51.7. The number of esters is 2. The second-order valence-electron chi connectivity index (χ2n) is 22.7. The molecule has 4 aliphatic rings. The van der Waals surface area contributed by atoms with Gasteiger partial charge in [-0.05, 0) is 108 Å². The van der Waals surface area contributed by atoms with Crippen molar-refractivity contribution in [2.45, 2.75) is 104 Å². The summed E-state index contributed by atoms with van der Waals surface area (Å²) in [6, 6.07) is 23.1. The van der Waals surface area contributed by atoms with E-state index in [1.54, 1.807) is 17.0 Å². The second kappa shape index (κ2) is 28.6. The Morgan fingerprint density at radius 2 is 0.917 bits per heavy atom. The van der Waals surface area contributed by atoms with Crippen LogP contribution in [0.5, 0.6) is 0 Å². The maximum Gasteiger partial charge on any atom is 0.410 e. The first-order chi connectivity index (χ1) is 39.1. The molecule has 4 atom stereocenters. The van der Waals surface area contributed by atoms with Gasteiger partial charge in [-0.1, -0.05) is 36.4 Å². The zero-order chi connectivity index (χ0) is 60.6. The molecule has 25 heteroatoms. The van der Waals surface area contributed by atoms with Gasteiger partial charge in [0.05, 0.1) is 61.4 Å². The quantitative estimate of drug-likeness (QED) is 0.108. The van der Waals surface area contributed by atoms with E-state index in [-0.39, 0.29) is 115 Å². The predicted octanol–water partition coefficient (Wildman–Crippen LogP) is 7.37. The number of carbonyl (C=O) groups excluding carboxylic acids is 5. The maximum absolute atomic E-state index is 15.1. The van der Waals surface area contributed by atoms with Gasteiger partial charge in [0, 0.05) is 112 Å². The Labute approximate surface area is 498 Å². The zero-order valence-electron chi connectivity index (χ0n) is 49.2. The van der Waals surface area contributed by atoms with Crippen LogP contribution in [0.25, 0.3) is 0 Å². The summed E-state index contributed by atoms with van der Waals surface area (Å²) in [4.78, 5) is 75.9. The molecular weight excluding hydrogens is 1150 g/mol. The average Bonchev–Trinajstić information content (AvgIpc) is 3.64. The third-order valence-corrected chi connectivity index (χ3v) is 18.5. The number of hydrogen-bond acceptors (Lipinski definition) is 15. The first kappa shape index (κ1) is 66.7. The minimum Gasteiger partial charge on any atom is -0.465 e. The van der Waals surface area contributed by atoms with E-state index >= 15 is 4.39 Å². The standard InChI is InChI=1S/C32H43FN4O7S.C27H35FN4O5S.ClH/c1-22-18-35(31(40)44-32(3,4)5)19-23(2)36(22)20-24-7-11-27(12-8-24)37(30(39)34-13-15-45(41,42)16-14-34)21-26-10-9-25(17-28(26)33)29(38)43-6;1-19-15-29-16-20(2)31(19)17-21-4-8-24(9-5-21)32(27(34)30-10-12-38(35,36)13-11-30)18-23-7-6-22(14-25(23)28)26(33)37-3;/h7-12,17,22-23H,13-16,18-21H2,1-6H3;4-9,14,19-20,29H,10-13,15-18H2,1-3H3;1H/t22-,23+;19-,20+;. The lowest BCUT2D eigenvalue weighted by Gasteiger charge is -2.44. The number of hydrogen-bond donors (Lipinski definition) is 1. The van der Waals surface area contributed by atoms with E-state index in [2.05, 4.69) is 52.3 Å². The predicted molar refractivity (Wildman–Crippen MR) is 319 cm³/mol. The van der Waals surface area contributed by atoms with Crippen LogP contribution in [-0.2, 0) is 60.1 Å². The molecule has 5 amide bonds. The first-order valence-electron chi connectivity index (χ1n) is 27.8. The molecule has 460 valence electrons. The average molecular weight is 1230 g/mol. The normalized spacial score (nSPS) is 20.7. The number of methoxy groups -OCH3 is 2. The van der Waals surface area contributed by atoms with Crippen LogP contribution < -0.4 is 15.1 Å². The highest BCUT2D eigenvalue weighted by Gasteiger charge is 2.36. The van der Waals surface area contributed by atoms with E-state index in [0.29, 0.717) is 43.1 Å². The molecule has 0 bridgehead atoms. The van der Waals surface area contributed by atoms with Gasteiger partial charge in [-0.3, -0.25) is 19.6 Å². The molecule has 4 heterocycles. The number of piperazine rings is 2. The van der Waals surface area contributed by atoms with Gasteiger partial charge < -0.3 is 34.2 Å². The Kier molecular flexibility index (Phi) is 22.7. The number of nitrogens with one attached hydrogen (secondary N) is 1. The number of nitrogens with zero attached hydrogens (tertiary/aromatic N) is 7. The Balaban J connectivity index is 0.000000270. The van der Waals surface area contributed by atoms with Crippen molar-refractivity contribution in [1.29, 1.82) is 0 Å². The highest BCUT2D eigenvalue weighted by atomic mass is 35.5. The van der Waals surface area contributed by atoms with Gasteiger partial charge in [0.15, 0.2) is 19.7 Å². The molecule has 0 aliphatic carbocycles. The minimum atomic E-state index is -3.22. The summed E-state index contributed by atoms with van der Waals surface area (Å²) >= 11 is 0. The van der Waals surface area contributed by atoms with Gasteiger partial charge in [0.25, 0.3) is 0 Å². The third kappa shape index (κ3) is 17.6. The van der Waals surface area contributed by atoms with Crippen LogP contribution in [0.3, 0.4) is 0 Å². The van der Waals surface area contributed by atoms with Crippen molar-refractivity contribution in [3.63, 3.8) is 0 Å². The molecule has 1 N–H and O–H groups in total. The lowest BCUT2D eigenvalue weighted by molar-refractivity contribution is -0.00969. The molecule has 84 heavy (non-hydrogen) atoms. The van der Waals surface area contributed by atoms with Crippen molar-refractivity contribution in [2.24, 2.45) is 0 Å². The fourth-order valence-corrected chi connectivity index (χ4v) is 12.9. The molecule has 0 spiro atoms. The summed E-state index contributed by atoms with van der Waals surface area (Å²) < 4.78 is 92.8. The highest BCUT2D eigenvalue weighted by molar-refractivity contribution is 7.91. The fourth-order valence-electron chi connectivity index (χ4n) is 10.5.